The van der Waals surface area contributed by atoms with E-state index in [4.69, 9.17) is 4.74 Å². The predicted octanol–water partition coefficient (Wildman–Crippen LogP) is 2.51. The third-order valence-corrected chi connectivity index (χ3v) is 2.42. The van der Waals surface area contributed by atoms with Gasteiger partial charge in [0.25, 0.3) is 0 Å². The molecule has 0 amide bonds. The first-order valence-electron chi connectivity index (χ1n) is 4.80. The summed E-state index contributed by atoms with van der Waals surface area (Å²) >= 11 is 0. The summed E-state index contributed by atoms with van der Waals surface area (Å²) in [6.45, 7) is 1.33. The third kappa shape index (κ3) is 2.34. The van der Waals surface area contributed by atoms with Gasteiger partial charge >= 0.3 is 12.1 Å². The summed E-state index contributed by atoms with van der Waals surface area (Å²) in [7, 11) is 2.10. The maximum atomic E-state index is 12.8. The Morgan fingerprint density at radius 3 is 2.28 bits per heavy atom. The highest BCUT2D eigenvalue weighted by atomic mass is 19.4. The van der Waals surface area contributed by atoms with E-state index in [1.165, 1.54) is 14.0 Å². The second-order valence-electron chi connectivity index (χ2n) is 3.46. The minimum absolute atomic E-state index is 0.0332. The number of alkyl halides is 3. The molecule has 0 radical (unpaired) electrons. The van der Waals surface area contributed by atoms with Gasteiger partial charge in [0.15, 0.2) is 0 Å². The number of esters is 1. The van der Waals surface area contributed by atoms with Crippen LogP contribution in [0.5, 0.6) is 11.5 Å². The fourth-order valence-corrected chi connectivity index (χ4v) is 1.49. The number of rotatable bonds is 2. The molecule has 0 atom stereocenters. The maximum absolute atomic E-state index is 12.8. The van der Waals surface area contributed by atoms with Crippen LogP contribution in [0, 0.1) is 6.92 Å². The number of carbonyl (C=O) groups is 1. The van der Waals surface area contributed by atoms with E-state index in [0.717, 1.165) is 7.11 Å². The lowest BCUT2D eigenvalue weighted by Crippen LogP contribution is -2.15. The first-order chi connectivity index (χ1) is 8.23. The summed E-state index contributed by atoms with van der Waals surface area (Å²) in [5.74, 6) is -2.22. The predicted molar refractivity (Wildman–Crippen MR) is 55.7 cm³/mol. The molecule has 1 N–H and O–H groups in total. The molecule has 0 aliphatic rings. The molecule has 0 heterocycles. The molecule has 0 aliphatic carbocycles. The van der Waals surface area contributed by atoms with Crippen LogP contribution in [-0.4, -0.2) is 25.3 Å². The highest BCUT2D eigenvalue weighted by molar-refractivity contribution is 5.95. The molecule has 1 rings (SSSR count). The average Bonchev–Trinajstić information content (AvgIpc) is 2.29. The molecule has 0 saturated carbocycles. The zero-order chi connectivity index (χ0) is 14.1. The summed E-state index contributed by atoms with van der Waals surface area (Å²) in [6.07, 6.45) is -4.80. The van der Waals surface area contributed by atoms with E-state index in [1.54, 1.807) is 0 Å². The number of benzene rings is 1. The Bertz CT molecular complexity index is 480. The second kappa shape index (κ2) is 4.75. The van der Waals surface area contributed by atoms with Crippen LogP contribution < -0.4 is 4.74 Å². The van der Waals surface area contributed by atoms with Gasteiger partial charge in [-0.3, -0.25) is 0 Å². The van der Waals surface area contributed by atoms with Gasteiger partial charge in [-0.25, -0.2) is 4.79 Å². The Kier molecular flexibility index (Phi) is 3.73. The van der Waals surface area contributed by atoms with Gasteiger partial charge in [-0.1, -0.05) is 0 Å². The summed E-state index contributed by atoms with van der Waals surface area (Å²) in [4.78, 5) is 11.3. The van der Waals surface area contributed by atoms with Crippen LogP contribution in [0.15, 0.2) is 6.07 Å². The molecule has 100 valence electrons. The maximum Gasteiger partial charge on any atom is 0.417 e. The molecule has 0 fully saturated rings. The first kappa shape index (κ1) is 14.1. The third-order valence-electron chi connectivity index (χ3n) is 2.42. The van der Waals surface area contributed by atoms with E-state index < -0.39 is 29.0 Å². The molecular weight excluding hydrogens is 253 g/mol. The van der Waals surface area contributed by atoms with Crippen molar-refractivity contribution in [3.63, 3.8) is 0 Å². The van der Waals surface area contributed by atoms with E-state index >= 15 is 0 Å². The number of aromatic hydroxyl groups is 1. The molecular formula is C11H11F3O4. The van der Waals surface area contributed by atoms with Crippen molar-refractivity contribution < 1.29 is 32.5 Å². The van der Waals surface area contributed by atoms with Crippen molar-refractivity contribution >= 4 is 5.97 Å². The van der Waals surface area contributed by atoms with Crippen LogP contribution in [0.4, 0.5) is 13.2 Å². The Morgan fingerprint density at radius 1 is 1.33 bits per heavy atom. The van der Waals surface area contributed by atoms with Crippen LogP contribution in [-0.2, 0) is 10.9 Å². The summed E-state index contributed by atoms with van der Waals surface area (Å²) in [5, 5.41) is 9.67. The number of hydrogen-bond acceptors (Lipinski definition) is 4. The largest absolute Gasteiger partial charge is 0.507 e. The first-order valence-corrected chi connectivity index (χ1v) is 4.80. The molecule has 0 aliphatic heterocycles. The number of hydrogen-bond donors (Lipinski definition) is 1. The molecule has 0 unspecified atom stereocenters. The number of phenols is 1. The van der Waals surface area contributed by atoms with Crippen molar-refractivity contribution in [1.82, 2.24) is 0 Å². The molecule has 4 nitrogen and oxygen atoms in total. The molecule has 18 heavy (non-hydrogen) atoms. The Balaban J connectivity index is 3.66. The van der Waals surface area contributed by atoms with Crippen LogP contribution in [0.3, 0.4) is 0 Å². The molecule has 0 bridgehead atoms. The van der Waals surface area contributed by atoms with Crippen LogP contribution in [0.2, 0.25) is 0 Å². The van der Waals surface area contributed by atoms with Gasteiger partial charge in [0.1, 0.15) is 17.1 Å². The summed E-state index contributed by atoms with van der Waals surface area (Å²) < 4.78 is 47.4. The minimum Gasteiger partial charge on any atom is -0.507 e. The molecule has 0 aromatic heterocycles. The lowest BCUT2D eigenvalue weighted by molar-refractivity contribution is -0.138. The van der Waals surface area contributed by atoms with Crippen molar-refractivity contribution in [2.45, 2.75) is 13.1 Å². The Hall–Kier alpha value is -1.92. The van der Waals surface area contributed by atoms with Crippen molar-refractivity contribution in [1.29, 1.82) is 0 Å². The van der Waals surface area contributed by atoms with E-state index in [1.807, 2.05) is 0 Å². The smallest absolute Gasteiger partial charge is 0.417 e. The van der Waals surface area contributed by atoms with Gasteiger partial charge in [0.2, 0.25) is 0 Å². The van der Waals surface area contributed by atoms with E-state index in [9.17, 15) is 23.1 Å². The standard InChI is InChI=1S/C11H11F3O4/c1-5-7(17-2)4-6(11(12,13)14)8(9(5)15)10(16)18-3/h4,15H,1-3H3. The van der Waals surface area contributed by atoms with Crippen LogP contribution in [0.25, 0.3) is 0 Å². The topological polar surface area (TPSA) is 55.8 Å². The molecule has 1 aromatic carbocycles. The number of carbonyl (C=O) groups excluding carboxylic acids is 1. The van der Waals surface area contributed by atoms with Crippen molar-refractivity contribution in [2.24, 2.45) is 0 Å². The molecule has 1 aromatic rings. The Labute approximate surface area is 101 Å². The second-order valence-corrected chi connectivity index (χ2v) is 3.46. The SMILES string of the molecule is COC(=O)c1c(C(F)(F)F)cc(OC)c(C)c1O. The Morgan fingerprint density at radius 2 is 1.89 bits per heavy atom. The lowest BCUT2D eigenvalue weighted by Gasteiger charge is -2.16. The fraction of sp³-hybridized carbons (Fsp3) is 0.364. The van der Waals surface area contributed by atoms with Crippen molar-refractivity contribution in [3.8, 4) is 11.5 Å². The van der Waals surface area contributed by atoms with Crippen molar-refractivity contribution in [2.75, 3.05) is 14.2 Å². The van der Waals surface area contributed by atoms with E-state index in [-0.39, 0.29) is 11.3 Å². The van der Waals surface area contributed by atoms with Gasteiger partial charge in [0, 0.05) is 5.56 Å². The quantitative estimate of drug-likeness (QED) is 0.834. The summed E-state index contributed by atoms with van der Waals surface area (Å²) in [6, 6.07) is 0.654. The highest BCUT2D eigenvalue weighted by Crippen LogP contribution is 2.41. The van der Waals surface area contributed by atoms with Gasteiger partial charge in [-0.15, -0.1) is 0 Å². The number of halogens is 3. The number of ether oxygens (including phenoxy) is 2. The highest BCUT2D eigenvalue weighted by Gasteiger charge is 2.39. The van der Waals surface area contributed by atoms with Gasteiger partial charge in [-0.05, 0) is 13.0 Å². The minimum atomic E-state index is -4.80. The normalized spacial score (nSPS) is 11.2. The van der Waals surface area contributed by atoms with Gasteiger partial charge < -0.3 is 14.6 Å². The number of phenolic OH excluding ortho intramolecular Hbond substituents is 1. The van der Waals surface area contributed by atoms with Crippen LogP contribution in [0.1, 0.15) is 21.5 Å². The zero-order valence-corrected chi connectivity index (χ0v) is 9.88. The van der Waals surface area contributed by atoms with E-state index in [0.29, 0.717) is 6.07 Å². The molecule has 7 heteroatoms. The van der Waals surface area contributed by atoms with Crippen molar-refractivity contribution in [3.05, 3.63) is 22.8 Å². The fourth-order valence-electron chi connectivity index (χ4n) is 1.49. The van der Waals surface area contributed by atoms with E-state index in [2.05, 4.69) is 4.74 Å². The van der Waals surface area contributed by atoms with Crippen LogP contribution >= 0.6 is 0 Å². The monoisotopic (exact) mass is 264 g/mol. The zero-order valence-electron chi connectivity index (χ0n) is 9.88. The lowest BCUT2D eigenvalue weighted by atomic mass is 10.0. The molecule has 0 saturated heterocycles. The van der Waals surface area contributed by atoms with Gasteiger partial charge in [-0.2, -0.15) is 13.2 Å². The number of methoxy groups -OCH3 is 2. The average molecular weight is 264 g/mol. The summed E-state index contributed by atoms with van der Waals surface area (Å²) in [5.41, 5.74) is -2.18. The molecule has 0 spiro atoms. The van der Waals surface area contributed by atoms with Gasteiger partial charge in [0.05, 0.1) is 19.8 Å².